The van der Waals surface area contributed by atoms with Crippen molar-refractivity contribution in [2.45, 2.75) is 38.8 Å². The monoisotopic (exact) mass is 266 g/mol. The zero-order valence-electron chi connectivity index (χ0n) is 12.5. The van der Waals surface area contributed by atoms with Crippen molar-refractivity contribution < 1.29 is 4.74 Å². The van der Waals surface area contributed by atoms with Gasteiger partial charge >= 0.3 is 0 Å². The molecule has 0 saturated carbocycles. The fourth-order valence-electron chi connectivity index (χ4n) is 2.98. The van der Waals surface area contributed by atoms with E-state index < -0.39 is 0 Å². The van der Waals surface area contributed by atoms with Crippen LogP contribution in [-0.4, -0.2) is 46.5 Å². The van der Waals surface area contributed by atoms with Gasteiger partial charge < -0.3 is 10.5 Å². The first-order chi connectivity index (χ1) is 8.99. The number of aromatic nitrogens is 2. The molecule has 5 nitrogen and oxygen atoms in total. The van der Waals surface area contributed by atoms with Gasteiger partial charge in [0.15, 0.2) is 0 Å². The third-order valence-electron chi connectivity index (χ3n) is 3.94. The maximum atomic E-state index is 6.07. The maximum absolute atomic E-state index is 6.07. The number of nitrogens with zero attached hydrogens (tertiary/aromatic N) is 3. The summed E-state index contributed by atoms with van der Waals surface area (Å²) in [5.41, 5.74) is 8.51. The summed E-state index contributed by atoms with van der Waals surface area (Å²) in [6.45, 7) is 9.65. The molecule has 108 valence electrons. The minimum absolute atomic E-state index is 0.0170. The van der Waals surface area contributed by atoms with Crippen LogP contribution in [0.1, 0.15) is 38.1 Å². The number of nitrogens with two attached hydrogens (primary N) is 1. The largest absolute Gasteiger partial charge is 0.378 e. The van der Waals surface area contributed by atoms with Crippen LogP contribution in [0.15, 0.2) is 6.20 Å². The van der Waals surface area contributed by atoms with Gasteiger partial charge in [-0.2, -0.15) is 5.10 Å². The van der Waals surface area contributed by atoms with E-state index in [4.69, 9.17) is 10.5 Å². The van der Waals surface area contributed by atoms with E-state index in [1.165, 1.54) is 5.56 Å². The first kappa shape index (κ1) is 14.5. The van der Waals surface area contributed by atoms with Crippen LogP contribution in [0.2, 0.25) is 0 Å². The number of rotatable bonds is 4. The van der Waals surface area contributed by atoms with E-state index in [1.807, 2.05) is 11.7 Å². The lowest BCUT2D eigenvalue weighted by Gasteiger charge is -2.46. The molecule has 0 radical (unpaired) electrons. The summed E-state index contributed by atoms with van der Waals surface area (Å²) in [7, 11) is 1.97. The van der Waals surface area contributed by atoms with Gasteiger partial charge in [0.1, 0.15) is 0 Å². The molecular formula is C14H26N4O. The lowest BCUT2D eigenvalue weighted by Crippen LogP contribution is -2.55. The number of morpholine rings is 1. The van der Waals surface area contributed by atoms with Crippen molar-refractivity contribution in [2.75, 3.05) is 26.3 Å². The standard InChI is InChI=1S/C14H26N4O/c1-5-12-11(9-17(4)16-12)13(8-15)18-6-7-19-10-14(18,2)3/h9,13H,5-8,10,15H2,1-4H3. The fourth-order valence-corrected chi connectivity index (χ4v) is 2.98. The summed E-state index contributed by atoms with van der Waals surface area (Å²) in [4.78, 5) is 2.46. The highest BCUT2D eigenvalue weighted by atomic mass is 16.5. The van der Waals surface area contributed by atoms with Crippen molar-refractivity contribution in [3.8, 4) is 0 Å². The van der Waals surface area contributed by atoms with Crippen molar-refractivity contribution >= 4 is 0 Å². The van der Waals surface area contributed by atoms with E-state index in [0.29, 0.717) is 6.54 Å². The minimum atomic E-state index is 0.0170. The summed E-state index contributed by atoms with van der Waals surface area (Å²) in [6, 6.07) is 0.225. The molecular weight excluding hydrogens is 240 g/mol. The number of aryl methyl sites for hydroxylation is 2. The molecule has 5 heteroatoms. The molecule has 1 aliphatic heterocycles. The van der Waals surface area contributed by atoms with E-state index in [2.05, 4.69) is 37.0 Å². The molecule has 0 spiro atoms. The van der Waals surface area contributed by atoms with E-state index >= 15 is 0 Å². The van der Waals surface area contributed by atoms with E-state index in [1.54, 1.807) is 0 Å². The predicted octanol–water partition coefficient (Wildman–Crippen LogP) is 1.09. The Balaban J connectivity index is 2.32. The van der Waals surface area contributed by atoms with E-state index in [0.717, 1.165) is 31.9 Å². The number of hydrogen-bond acceptors (Lipinski definition) is 4. The summed E-state index contributed by atoms with van der Waals surface area (Å²) in [6.07, 6.45) is 3.05. The smallest absolute Gasteiger partial charge is 0.0670 e. The highest BCUT2D eigenvalue weighted by Gasteiger charge is 2.36. The molecule has 2 rings (SSSR count). The molecule has 1 saturated heterocycles. The van der Waals surface area contributed by atoms with Crippen LogP contribution in [-0.2, 0) is 18.2 Å². The Morgan fingerprint density at radius 1 is 1.53 bits per heavy atom. The molecule has 0 aromatic carbocycles. The molecule has 0 bridgehead atoms. The van der Waals surface area contributed by atoms with E-state index in [9.17, 15) is 0 Å². The van der Waals surface area contributed by atoms with Crippen LogP contribution in [0, 0.1) is 0 Å². The second kappa shape index (κ2) is 5.61. The van der Waals surface area contributed by atoms with Crippen molar-refractivity contribution in [3.05, 3.63) is 17.5 Å². The van der Waals surface area contributed by atoms with Crippen LogP contribution in [0.4, 0.5) is 0 Å². The van der Waals surface area contributed by atoms with Gasteiger partial charge in [0.2, 0.25) is 0 Å². The number of hydrogen-bond donors (Lipinski definition) is 1. The second-order valence-electron chi connectivity index (χ2n) is 5.87. The average Bonchev–Trinajstić information content (AvgIpc) is 2.73. The Kier molecular flexibility index (Phi) is 4.28. The summed E-state index contributed by atoms with van der Waals surface area (Å²) >= 11 is 0. The third-order valence-corrected chi connectivity index (χ3v) is 3.94. The topological polar surface area (TPSA) is 56.3 Å². The molecule has 1 aromatic rings. The maximum Gasteiger partial charge on any atom is 0.0670 e. The van der Waals surface area contributed by atoms with Gasteiger partial charge in [-0.15, -0.1) is 0 Å². The Bertz CT molecular complexity index is 427. The van der Waals surface area contributed by atoms with Crippen molar-refractivity contribution in [2.24, 2.45) is 12.8 Å². The zero-order chi connectivity index (χ0) is 14.0. The molecule has 1 aliphatic rings. The predicted molar refractivity (Wildman–Crippen MR) is 76.0 cm³/mol. The zero-order valence-corrected chi connectivity index (χ0v) is 12.5. The summed E-state index contributed by atoms with van der Waals surface area (Å²) in [5.74, 6) is 0. The van der Waals surface area contributed by atoms with Crippen molar-refractivity contribution in [3.63, 3.8) is 0 Å². The second-order valence-corrected chi connectivity index (χ2v) is 5.87. The van der Waals surface area contributed by atoms with Crippen LogP contribution >= 0.6 is 0 Å². The molecule has 1 aromatic heterocycles. The highest BCUT2D eigenvalue weighted by molar-refractivity contribution is 5.23. The Labute approximate surface area is 115 Å². The SMILES string of the molecule is CCc1nn(C)cc1C(CN)N1CCOCC1(C)C. The first-order valence-corrected chi connectivity index (χ1v) is 7.06. The molecule has 1 atom stereocenters. The van der Waals surface area contributed by atoms with Crippen LogP contribution in [0.25, 0.3) is 0 Å². The molecule has 2 heterocycles. The first-order valence-electron chi connectivity index (χ1n) is 7.06. The van der Waals surface area contributed by atoms with Crippen molar-refractivity contribution in [1.29, 1.82) is 0 Å². The van der Waals surface area contributed by atoms with E-state index in [-0.39, 0.29) is 11.6 Å². The van der Waals surface area contributed by atoms with Crippen LogP contribution < -0.4 is 5.73 Å². The minimum Gasteiger partial charge on any atom is -0.378 e. The van der Waals surface area contributed by atoms with Gasteiger partial charge in [-0.3, -0.25) is 9.58 Å². The Morgan fingerprint density at radius 3 is 2.84 bits per heavy atom. The average molecular weight is 266 g/mol. The highest BCUT2D eigenvalue weighted by Crippen LogP contribution is 2.31. The molecule has 2 N–H and O–H groups in total. The summed E-state index contributed by atoms with van der Waals surface area (Å²) in [5, 5.41) is 4.54. The number of ether oxygens (including phenoxy) is 1. The normalized spacial score (nSPS) is 21.5. The Morgan fingerprint density at radius 2 is 2.26 bits per heavy atom. The van der Waals surface area contributed by atoms with Crippen molar-refractivity contribution in [1.82, 2.24) is 14.7 Å². The van der Waals surface area contributed by atoms with Gasteiger partial charge in [0.25, 0.3) is 0 Å². The van der Waals surface area contributed by atoms with Gasteiger partial charge in [-0.1, -0.05) is 6.92 Å². The molecule has 19 heavy (non-hydrogen) atoms. The van der Waals surface area contributed by atoms with Gasteiger partial charge in [0.05, 0.1) is 24.9 Å². The quantitative estimate of drug-likeness (QED) is 0.886. The van der Waals surface area contributed by atoms with Gasteiger partial charge in [0, 0.05) is 37.4 Å². The molecule has 1 unspecified atom stereocenters. The lowest BCUT2D eigenvalue weighted by molar-refractivity contribution is -0.0714. The summed E-state index contributed by atoms with van der Waals surface area (Å²) < 4.78 is 7.50. The van der Waals surface area contributed by atoms with Crippen LogP contribution in [0.5, 0.6) is 0 Å². The molecule has 0 aliphatic carbocycles. The third kappa shape index (κ3) is 2.83. The molecule has 1 fully saturated rings. The van der Waals surface area contributed by atoms with Crippen LogP contribution in [0.3, 0.4) is 0 Å². The lowest BCUT2D eigenvalue weighted by atomic mass is 9.95. The Hall–Kier alpha value is -0.910. The van der Waals surface area contributed by atoms with Gasteiger partial charge in [-0.25, -0.2) is 0 Å². The van der Waals surface area contributed by atoms with Gasteiger partial charge in [-0.05, 0) is 20.3 Å². The fraction of sp³-hybridized carbons (Fsp3) is 0.786. The molecule has 0 amide bonds.